The van der Waals surface area contributed by atoms with Crippen molar-refractivity contribution < 1.29 is 24.2 Å². The average Bonchev–Trinajstić information content (AvgIpc) is 3.33. The zero-order chi connectivity index (χ0) is 20.2. The highest BCUT2D eigenvalue weighted by Crippen LogP contribution is 2.45. The molecule has 2 atom stereocenters. The van der Waals surface area contributed by atoms with Gasteiger partial charge in [-0.3, -0.25) is 9.59 Å². The summed E-state index contributed by atoms with van der Waals surface area (Å²) >= 11 is 0. The molecule has 0 unspecified atom stereocenters. The lowest BCUT2D eigenvalue weighted by atomic mass is 9.83. The van der Waals surface area contributed by atoms with Gasteiger partial charge in [0.2, 0.25) is 5.91 Å². The molecule has 0 radical (unpaired) electrons. The third-order valence-electron chi connectivity index (χ3n) is 6.37. The average molecular weight is 392 g/mol. The van der Waals surface area contributed by atoms with Crippen molar-refractivity contribution in [3.63, 3.8) is 0 Å². The summed E-state index contributed by atoms with van der Waals surface area (Å²) in [6, 6.07) is 15.6. The largest absolute Gasteiger partial charge is 0.481 e. The van der Waals surface area contributed by atoms with E-state index in [4.69, 9.17) is 4.74 Å². The number of carboxylic acid groups (broad SMARTS) is 1. The Morgan fingerprint density at radius 2 is 1.72 bits per heavy atom. The molecule has 3 aliphatic rings. The van der Waals surface area contributed by atoms with Gasteiger partial charge in [0.25, 0.3) is 0 Å². The van der Waals surface area contributed by atoms with E-state index < -0.39 is 23.5 Å². The second-order valence-electron chi connectivity index (χ2n) is 7.94. The number of carbonyl (C=O) groups excluding carboxylic acids is 2. The van der Waals surface area contributed by atoms with Crippen LogP contribution in [0.4, 0.5) is 4.79 Å². The fourth-order valence-electron chi connectivity index (χ4n) is 4.92. The first-order valence-electron chi connectivity index (χ1n) is 9.62. The van der Waals surface area contributed by atoms with Gasteiger partial charge in [-0.15, -0.1) is 0 Å². The fraction of sp³-hybridized carbons (Fsp3) is 0.318. The van der Waals surface area contributed by atoms with Crippen molar-refractivity contribution in [1.29, 1.82) is 0 Å². The van der Waals surface area contributed by atoms with Crippen LogP contribution in [0.3, 0.4) is 0 Å². The Morgan fingerprint density at radius 1 is 1.10 bits per heavy atom. The Hall–Kier alpha value is -3.35. The van der Waals surface area contributed by atoms with E-state index in [1.807, 2.05) is 36.4 Å². The van der Waals surface area contributed by atoms with Crippen molar-refractivity contribution in [2.75, 3.05) is 19.7 Å². The zero-order valence-electron chi connectivity index (χ0n) is 15.6. The summed E-state index contributed by atoms with van der Waals surface area (Å²) in [4.78, 5) is 37.6. The van der Waals surface area contributed by atoms with Gasteiger partial charge in [0, 0.05) is 25.4 Å². The van der Waals surface area contributed by atoms with Gasteiger partial charge < -0.3 is 20.1 Å². The summed E-state index contributed by atoms with van der Waals surface area (Å²) in [6.45, 7) is 0.303. The van der Waals surface area contributed by atoms with Crippen molar-refractivity contribution in [2.24, 2.45) is 5.41 Å². The molecular weight excluding hydrogens is 372 g/mol. The Labute approximate surface area is 167 Å². The van der Waals surface area contributed by atoms with Crippen LogP contribution < -0.4 is 5.32 Å². The van der Waals surface area contributed by atoms with Crippen LogP contribution in [0, 0.1) is 5.41 Å². The van der Waals surface area contributed by atoms with Crippen LogP contribution >= 0.6 is 0 Å². The maximum atomic E-state index is 12.7. The molecule has 2 aromatic carbocycles. The minimum absolute atomic E-state index is 0.0254. The van der Waals surface area contributed by atoms with Gasteiger partial charge in [-0.25, -0.2) is 4.79 Å². The van der Waals surface area contributed by atoms with Gasteiger partial charge in [-0.2, -0.15) is 0 Å². The second-order valence-corrected chi connectivity index (χ2v) is 7.94. The number of nitrogens with zero attached hydrogens (tertiary/aromatic N) is 1. The van der Waals surface area contributed by atoms with E-state index in [2.05, 4.69) is 17.4 Å². The van der Waals surface area contributed by atoms with E-state index in [9.17, 15) is 19.5 Å². The Balaban J connectivity index is 1.32. The van der Waals surface area contributed by atoms with E-state index in [1.54, 1.807) is 0 Å². The fourth-order valence-corrected chi connectivity index (χ4v) is 4.92. The summed E-state index contributed by atoms with van der Waals surface area (Å²) < 4.78 is 5.62. The molecule has 0 aromatic heterocycles. The number of ether oxygens (including phenoxy) is 1. The molecule has 29 heavy (non-hydrogen) atoms. The van der Waals surface area contributed by atoms with Crippen LogP contribution in [-0.4, -0.2) is 53.7 Å². The van der Waals surface area contributed by atoms with E-state index in [1.165, 1.54) is 4.90 Å². The first kappa shape index (κ1) is 17.7. The third kappa shape index (κ3) is 2.61. The number of hydrogen-bond acceptors (Lipinski definition) is 4. The number of carboxylic acids is 1. The molecule has 5 rings (SSSR count). The number of hydrogen-bond donors (Lipinski definition) is 2. The van der Waals surface area contributed by atoms with Gasteiger partial charge in [-0.05, 0) is 22.3 Å². The van der Waals surface area contributed by atoms with Gasteiger partial charge in [0.05, 0.1) is 6.04 Å². The Morgan fingerprint density at radius 3 is 2.31 bits per heavy atom. The molecule has 2 N–H and O–H groups in total. The van der Waals surface area contributed by atoms with Crippen molar-refractivity contribution in [2.45, 2.75) is 18.4 Å². The summed E-state index contributed by atoms with van der Waals surface area (Å²) in [5.41, 5.74) is 3.27. The third-order valence-corrected chi connectivity index (χ3v) is 6.37. The molecular formula is C22H20N2O5. The normalized spacial score (nSPS) is 24.6. The maximum Gasteiger partial charge on any atom is 0.409 e. The molecule has 0 spiro atoms. The van der Waals surface area contributed by atoms with E-state index in [0.717, 1.165) is 22.3 Å². The van der Waals surface area contributed by atoms with E-state index >= 15 is 0 Å². The molecule has 2 heterocycles. The quantitative estimate of drug-likeness (QED) is 0.835. The summed E-state index contributed by atoms with van der Waals surface area (Å²) in [5, 5.41) is 12.3. The van der Waals surface area contributed by atoms with Gasteiger partial charge in [0.15, 0.2) is 0 Å². The molecule has 2 fully saturated rings. The Bertz CT molecular complexity index is 990. The number of aliphatic carboxylic acids is 1. The van der Waals surface area contributed by atoms with Crippen molar-refractivity contribution in [3.8, 4) is 11.1 Å². The molecule has 148 valence electrons. The molecule has 1 aliphatic carbocycles. The van der Waals surface area contributed by atoms with E-state index in [-0.39, 0.29) is 37.9 Å². The van der Waals surface area contributed by atoms with Crippen LogP contribution in [0.2, 0.25) is 0 Å². The number of likely N-dealkylation sites (tertiary alicyclic amines) is 1. The monoisotopic (exact) mass is 392 g/mol. The standard InChI is InChI=1S/C22H20N2O5/c25-19-9-22(20(26)27)12-24(10-18(22)23-19)21(28)29-11-17-15-7-3-1-5-13(15)14-6-2-4-8-16(14)17/h1-8,17-18H,9-12H2,(H,23,25)(H,26,27)/t18-,22-/m1/s1. The summed E-state index contributed by atoms with van der Waals surface area (Å²) in [7, 11) is 0. The van der Waals surface area contributed by atoms with Crippen LogP contribution in [0.1, 0.15) is 23.5 Å². The summed E-state index contributed by atoms with van der Waals surface area (Å²) in [5.74, 6) is -1.40. The molecule has 2 amide bonds. The van der Waals surface area contributed by atoms with Crippen LogP contribution in [-0.2, 0) is 14.3 Å². The number of nitrogens with one attached hydrogen (secondary N) is 1. The molecule has 0 bridgehead atoms. The first-order chi connectivity index (χ1) is 14.0. The lowest BCUT2D eigenvalue weighted by molar-refractivity contribution is -0.148. The highest BCUT2D eigenvalue weighted by molar-refractivity contribution is 5.91. The van der Waals surface area contributed by atoms with Crippen LogP contribution in [0.5, 0.6) is 0 Å². The molecule has 0 saturated carbocycles. The number of fused-ring (bicyclic) bond motifs is 4. The number of amides is 2. The smallest absolute Gasteiger partial charge is 0.409 e. The highest BCUT2D eigenvalue weighted by atomic mass is 16.6. The highest BCUT2D eigenvalue weighted by Gasteiger charge is 2.59. The summed E-state index contributed by atoms with van der Waals surface area (Å²) in [6.07, 6.45) is -0.656. The second kappa shape index (κ2) is 6.34. The molecule has 2 saturated heterocycles. The molecule has 2 aromatic rings. The van der Waals surface area contributed by atoms with Gasteiger partial charge in [0.1, 0.15) is 12.0 Å². The Kier molecular flexibility index (Phi) is 3.87. The zero-order valence-corrected chi connectivity index (χ0v) is 15.6. The molecule has 7 heteroatoms. The van der Waals surface area contributed by atoms with E-state index in [0.29, 0.717) is 0 Å². The first-order valence-corrected chi connectivity index (χ1v) is 9.62. The minimum atomic E-state index is -1.26. The van der Waals surface area contributed by atoms with Gasteiger partial charge in [-0.1, -0.05) is 48.5 Å². The minimum Gasteiger partial charge on any atom is -0.481 e. The van der Waals surface area contributed by atoms with Crippen molar-refractivity contribution in [1.82, 2.24) is 10.2 Å². The topological polar surface area (TPSA) is 95.9 Å². The maximum absolute atomic E-state index is 12.7. The lowest BCUT2D eigenvalue weighted by Gasteiger charge is -2.22. The van der Waals surface area contributed by atoms with Crippen LogP contribution in [0.15, 0.2) is 48.5 Å². The van der Waals surface area contributed by atoms with Crippen LogP contribution in [0.25, 0.3) is 11.1 Å². The molecule has 2 aliphatic heterocycles. The number of rotatable bonds is 3. The lowest BCUT2D eigenvalue weighted by Crippen LogP contribution is -2.41. The predicted octanol–water partition coefficient (Wildman–Crippen LogP) is 2.21. The SMILES string of the molecule is O=C1C[C@@]2(C(=O)O)CN(C(=O)OCC3c4ccccc4-c4ccccc43)C[C@H]2N1. The number of benzene rings is 2. The molecule has 7 nitrogen and oxygen atoms in total. The van der Waals surface area contributed by atoms with Crippen molar-refractivity contribution >= 4 is 18.0 Å². The van der Waals surface area contributed by atoms with Crippen molar-refractivity contribution in [3.05, 3.63) is 59.7 Å². The van der Waals surface area contributed by atoms with Gasteiger partial charge >= 0.3 is 12.1 Å². The number of carbonyl (C=O) groups is 3. The predicted molar refractivity (Wildman–Crippen MR) is 103 cm³/mol.